The van der Waals surface area contributed by atoms with Crippen LogP contribution in [0, 0.1) is 0 Å². The van der Waals surface area contributed by atoms with E-state index in [1.165, 1.54) is 0 Å². The van der Waals surface area contributed by atoms with Gasteiger partial charge in [-0.3, -0.25) is 4.79 Å². The predicted octanol–water partition coefficient (Wildman–Crippen LogP) is 1.03. The summed E-state index contributed by atoms with van der Waals surface area (Å²) in [6.45, 7) is 1.66. The zero-order chi connectivity index (χ0) is 9.56. The molecule has 0 aliphatic carbocycles. The van der Waals surface area contributed by atoms with Gasteiger partial charge in [0.1, 0.15) is 5.71 Å². The van der Waals surface area contributed by atoms with Crippen molar-refractivity contribution in [2.75, 3.05) is 6.61 Å². The Morgan fingerprint density at radius 1 is 1.67 bits per heavy atom. The fourth-order valence-corrected chi connectivity index (χ4v) is 0.516. The van der Waals surface area contributed by atoms with Crippen LogP contribution >= 0.6 is 0 Å². The summed E-state index contributed by atoms with van der Waals surface area (Å²) in [5.41, 5.74) is -0.881. The lowest BCUT2D eigenvalue weighted by Crippen LogP contribution is -2.17. The van der Waals surface area contributed by atoms with Gasteiger partial charge in [-0.25, -0.2) is 8.78 Å². The highest BCUT2D eigenvalue weighted by atomic mass is 19.3. The van der Waals surface area contributed by atoms with E-state index in [2.05, 4.69) is 9.89 Å². The van der Waals surface area contributed by atoms with Crippen molar-refractivity contribution in [1.82, 2.24) is 0 Å². The molecule has 0 atom stereocenters. The summed E-state index contributed by atoms with van der Waals surface area (Å²) in [6, 6.07) is 0. The number of nitrogens with zero attached hydrogens (tertiary/aromatic N) is 1. The summed E-state index contributed by atoms with van der Waals surface area (Å²) >= 11 is 0. The molecule has 0 amide bonds. The minimum atomic E-state index is -2.93. The van der Waals surface area contributed by atoms with E-state index >= 15 is 0 Å². The van der Waals surface area contributed by atoms with Crippen LogP contribution in [-0.2, 0) is 9.53 Å². The van der Waals surface area contributed by atoms with Crippen molar-refractivity contribution in [3.8, 4) is 0 Å². The highest BCUT2D eigenvalue weighted by molar-refractivity contribution is 6.00. The Balaban J connectivity index is 3.96. The Bertz CT molecular complexity index is 182. The number of hydrogen-bond acceptors (Lipinski definition) is 4. The molecule has 0 aromatic heterocycles. The van der Waals surface area contributed by atoms with Gasteiger partial charge in [0.15, 0.2) is 0 Å². The summed E-state index contributed by atoms with van der Waals surface area (Å²) in [5.74, 6) is -0.828. The zero-order valence-corrected chi connectivity index (χ0v) is 6.46. The van der Waals surface area contributed by atoms with Crippen LogP contribution in [0.2, 0.25) is 0 Å². The largest absolute Gasteiger partial charge is 0.466 e. The van der Waals surface area contributed by atoms with E-state index in [1.807, 2.05) is 0 Å². The van der Waals surface area contributed by atoms with Gasteiger partial charge in [0.05, 0.1) is 13.0 Å². The van der Waals surface area contributed by atoms with E-state index < -0.39 is 24.5 Å². The van der Waals surface area contributed by atoms with Gasteiger partial charge in [0.25, 0.3) is 6.43 Å². The van der Waals surface area contributed by atoms with Crippen LogP contribution in [0.4, 0.5) is 8.78 Å². The quantitative estimate of drug-likeness (QED) is 0.305. The number of esters is 1. The molecule has 4 nitrogen and oxygen atoms in total. The van der Waals surface area contributed by atoms with E-state index in [4.69, 9.17) is 5.21 Å². The molecule has 0 aliphatic rings. The van der Waals surface area contributed by atoms with Gasteiger partial charge in [-0.1, -0.05) is 5.16 Å². The predicted molar refractivity (Wildman–Crippen MR) is 36.5 cm³/mol. The number of carbonyl (C=O) groups excluding carboxylic acids is 1. The van der Waals surface area contributed by atoms with Gasteiger partial charge >= 0.3 is 5.97 Å². The molecule has 0 heterocycles. The van der Waals surface area contributed by atoms with Crippen molar-refractivity contribution in [2.24, 2.45) is 5.16 Å². The standard InChI is InChI=1S/C6H9F2NO3/c1-2-12-5(10)3-4(9-11)6(7)8/h6,11H,2-3H2,1H3/b9-4-. The van der Waals surface area contributed by atoms with Crippen LogP contribution in [0.25, 0.3) is 0 Å². The molecule has 0 radical (unpaired) electrons. The molecular weight excluding hydrogens is 172 g/mol. The lowest BCUT2D eigenvalue weighted by atomic mass is 10.3. The summed E-state index contributed by atoms with van der Waals surface area (Å²) in [5, 5.41) is 10.3. The molecule has 0 bridgehead atoms. The second kappa shape index (κ2) is 5.45. The number of hydrogen-bond donors (Lipinski definition) is 1. The Hall–Kier alpha value is -1.20. The number of ether oxygens (including phenoxy) is 1. The number of alkyl halides is 2. The maximum atomic E-state index is 11.8. The van der Waals surface area contributed by atoms with E-state index in [-0.39, 0.29) is 6.61 Å². The summed E-state index contributed by atoms with van der Waals surface area (Å²) in [4.78, 5) is 10.6. The zero-order valence-electron chi connectivity index (χ0n) is 6.46. The molecular formula is C6H9F2NO3. The van der Waals surface area contributed by atoms with Gasteiger partial charge in [0, 0.05) is 0 Å². The first-order valence-electron chi connectivity index (χ1n) is 3.26. The highest BCUT2D eigenvalue weighted by Crippen LogP contribution is 2.01. The van der Waals surface area contributed by atoms with Gasteiger partial charge in [0.2, 0.25) is 0 Å². The highest BCUT2D eigenvalue weighted by Gasteiger charge is 2.18. The molecule has 1 N–H and O–H groups in total. The van der Waals surface area contributed by atoms with E-state index in [1.54, 1.807) is 6.92 Å². The van der Waals surface area contributed by atoms with E-state index in [0.29, 0.717) is 0 Å². The van der Waals surface area contributed by atoms with Gasteiger partial charge in [-0.15, -0.1) is 0 Å². The maximum Gasteiger partial charge on any atom is 0.311 e. The molecule has 0 spiro atoms. The second-order valence-corrected chi connectivity index (χ2v) is 1.87. The minimum Gasteiger partial charge on any atom is -0.466 e. The van der Waals surface area contributed by atoms with Crippen LogP contribution in [0.3, 0.4) is 0 Å². The molecule has 0 rings (SSSR count). The third-order valence-corrected chi connectivity index (χ3v) is 1.01. The number of rotatable bonds is 4. The Morgan fingerprint density at radius 3 is 2.58 bits per heavy atom. The molecule has 0 aromatic rings. The molecule has 0 saturated carbocycles. The monoisotopic (exact) mass is 181 g/mol. The summed E-state index contributed by atoms with van der Waals surface area (Å²) < 4.78 is 28.0. The van der Waals surface area contributed by atoms with Crippen LogP contribution in [-0.4, -0.2) is 29.9 Å². The van der Waals surface area contributed by atoms with Crippen LogP contribution in [0.1, 0.15) is 13.3 Å². The third-order valence-electron chi connectivity index (χ3n) is 1.01. The van der Waals surface area contributed by atoms with Crippen molar-refractivity contribution < 1.29 is 23.5 Å². The van der Waals surface area contributed by atoms with Gasteiger partial charge in [-0.05, 0) is 6.92 Å². The molecule has 0 saturated heterocycles. The number of oxime groups is 1. The van der Waals surface area contributed by atoms with Crippen LogP contribution in [0.5, 0.6) is 0 Å². The molecule has 12 heavy (non-hydrogen) atoms. The number of halogens is 2. The lowest BCUT2D eigenvalue weighted by molar-refractivity contribution is -0.141. The smallest absolute Gasteiger partial charge is 0.311 e. The van der Waals surface area contributed by atoms with Gasteiger partial charge in [-0.2, -0.15) is 0 Å². The third kappa shape index (κ3) is 3.85. The summed E-state index contributed by atoms with van der Waals surface area (Å²) in [7, 11) is 0. The second-order valence-electron chi connectivity index (χ2n) is 1.87. The Labute approximate surface area is 67.8 Å². The van der Waals surface area contributed by atoms with E-state index in [9.17, 15) is 13.6 Å². The first-order chi connectivity index (χ1) is 5.61. The fraction of sp³-hybridized carbons (Fsp3) is 0.667. The van der Waals surface area contributed by atoms with Gasteiger partial charge < -0.3 is 9.94 Å². The minimum absolute atomic E-state index is 0.112. The molecule has 0 aliphatic heterocycles. The summed E-state index contributed by atoms with van der Waals surface area (Å²) in [6.07, 6.45) is -3.61. The van der Waals surface area contributed by atoms with Crippen LogP contribution < -0.4 is 0 Å². The van der Waals surface area contributed by atoms with Crippen molar-refractivity contribution in [2.45, 2.75) is 19.8 Å². The van der Waals surface area contributed by atoms with Crippen molar-refractivity contribution in [1.29, 1.82) is 0 Å². The first kappa shape index (κ1) is 10.8. The van der Waals surface area contributed by atoms with Crippen molar-refractivity contribution >= 4 is 11.7 Å². The normalized spacial score (nSPS) is 11.8. The lowest BCUT2D eigenvalue weighted by Gasteiger charge is -2.02. The average Bonchev–Trinajstić information content (AvgIpc) is 2.00. The Morgan fingerprint density at radius 2 is 2.25 bits per heavy atom. The number of carbonyl (C=O) groups is 1. The Kier molecular flexibility index (Phi) is 4.91. The topological polar surface area (TPSA) is 58.9 Å². The van der Waals surface area contributed by atoms with Crippen molar-refractivity contribution in [3.05, 3.63) is 0 Å². The fourth-order valence-electron chi connectivity index (χ4n) is 0.516. The SMILES string of the molecule is CCOC(=O)C/C(=N/O)C(F)F. The van der Waals surface area contributed by atoms with E-state index in [0.717, 1.165) is 0 Å². The molecule has 0 aromatic carbocycles. The molecule has 0 fully saturated rings. The average molecular weight is 181 g/mol. The maximum absolute atomic E-state index is 11.8. The van der Waals surface area contributed by atoms with Crippen molar-refractivity contribution in [3.63, 3.8) is 0 Å². The molecule has 70 valence electrons. The first-order valence-corrected chi connectivity index (χ1v) is 3.26. The molecule has 6 heteroatoms. The van der Waals surface area contributed by atoms with Crippen LogP contribution in [0.15, 0.2) is 5.16 Å². The molecule has 0 unspecified atom stereocenters.